The number of nitrogens with zero attached hydrogens (tertiary/aromatic N) is 3. The first-order valence-corrected chi connectivity index (χ1v) is 21.0. The van der Waals surface area contributed by atoms with E-state index in [1.807, 2.05) is 60.7 Å². The van der Waals surface area contributed by atoms with Crippen molar-refractivity contribution in [3.8, 4) is 67.5 Å². The fourth-order valence-corrected chi connectivity index (χ4v) is 9.09. The van der Waals surface area contributed by atoms with E-state index in [-0.39, 0.29) is 0 Å². The van der Waals surface area contributed by atoms with Crippen molar-refractivity contribution in [2.75, 3.05) is 0 Å². The summed E-state index contributed by atoms with van der Waals surface area (Å²) >= 11 is 0. The van der Waals surface area contributed by atoms with Crippen LogP contribution in [0.25, 0.3) is 133 Å². The van der Waals surface area contributed by atoms with Gasteiger partial charge in [0.1, 0.15) is 33.5 Å². The third-order valence-electron chi connectivity index (χ3n) is 12.2. The lowest BCUT2D eigenvalue weighted by atomic mass is 9.94. The summed E-state index contributed by atoms with van der Waals surface area (Å²) < 4.78 is 19.3. The van der Waals surface area contributed by atoms with E-state index in [2.05, 4.69) is 140 Å². The van der Waals surface area contributed by atoms with E-state index in [1.165, 1.54) is 0 Å². The maximum atomic E-state index is 6.69. The molecule has 4 aromatic heterocycles. The smallest absolute Gasteiger partial charge is 0.164 e. The van der Waals surface area contributed by atoms with Gasteiger partial charge < -0.3 is 13.3 Å². The molecule has 0 N–H and O–H groups in total. The summed E-state index contributed by atoms with van der Waals surface area (Å²) in [6.45, 7) is 0. The van der Waals surface area contributed by atoms with Crippen molar-refractivity contribution in [2.24, 2.45) is 0 Å². The highest BCUT2D eigenvalue weighted by Gasteiger charge is 2.20. The average molecular weight is 808 g/mol. The summed E-state index contributed by atoms with van der Waals surface area (Å²) in [5.41, 5.74) is 14.0. The van der Waals surface area contributed by atoms with E-state index in [4.69, 9.17) is 28.2 Å². The van der Waals surface area contributed by atoms with Gasteiger partial charge in [-0.25, -0.2) is 15.0 Å². The van der Waals surface area contributed by atoms with Crippen LogP contribution in [0.15, 0.2) is 213 Å². The topological polar surface area (TPSA) is 78.1 Å². The second-order valence-electron chi connectivity index (χ2n) is 15.9. The number of aromatic nitrogens is 3. The molecular weight excluding hydrogens is 775 g/mol. The van der Waals surface area contributed by atoms with E-state index in [0.29, 0.717) is 17.5 Å². The van der Waals surface area contributed by atoms with Gasteiger partial charge in [-0.3, -0.25) is 0 Å². The summed E-state index contributed by atoms with van der Waals surface area (Å²) in [4.78, 5) is 15.3. The minimum Gasteiger partial charge on any atom is -0.456 e. The molecule has 6 heteroatoms. The summed E-state index contributed by atoms with van der Waals surface area (Å²) in [6, 6.07) is 68.7. The Bertz CT molecular complexity index is 3920. The first kappa shape index (κ1) is 35.2. The van der Waals surface area contributed by atoms with Crippen molar-refractivity contribution in [2.45, 2.75) is 0 Å². The largest absolute Gasteiger partial charge is 0.456 e. The number of fused-ring (bicyclic) bond motifs is 9. The molecule has 0 aliphatic rings. The molecule has 0 atom stereocenters. The van der Waals surface area contributed by atoms with Gasteiger partial charge in [0, 0.05) is 54.6 Å². The monoisotopic (exact) mass is 807 g/mol. The van der Waals surface area contributed by atoms with E-state index in [9.17, 15) is 0 Å². The Labute approximate surface area is 360 Å². The van der Waals surface area contributed by atoms with E-state index in [1.54, 1.807) is 0 Å². The summed E-state index contributed by atoms with van der Waals surface area (Å²) in [6.07, 6.45) is 0. The third kappa shape index (κ3) is 5.84. The zero-order valence-corrected chi connectivity index (χ0v) is 33.6. The van der Waals surface area contributed by atoms with Crippen LogP contribution in [0.5, 0.6) is 0 Å². The van der Waals surface area contributed by atoms with Gasteiger partial charge in [-0.2, -0.15) is 0 Å². The second kappa shape index (κ2) is 14.0. The Hall–Kier alpha value is -8.61. The van der Waals surface area contributed by atoms with Crippen LogP contribution in [0.3, 0.4) is 0 Å². The fourth-order valence-electron chi connectivity index (χ4n) is 9.09. The van der Waals surface area contributed by atoms with E-state index < -0.39 is 0 Å². The predicted octanol–water partition coefficient (Wildman–Crippen LogP) is 15.6. The summed E-state index contributed by atoms with van der Waals surface area (Å²) in [5, 5.41) is 6.45. The van der Waals surface area contributed by atoms with Crippen LogP contribution >= 0.6 is 0 Å². The van der Waals surface area contributed by atoms with Crippen LogP contribution in [-0.2, 0) is 0 Å². The molecule has 0 saturated carbocycles. The van der Waals surface area contributed by atoms with Crippen LogP contribution in [0.1, 0.15) is 0 Å². The first-order chi connectivity index (χ1) is 31.2. The quantitative estimate of drug-likeness (QED) is 0.166. The molecule has 6 nitrogen and oxygen atoms in total. The molecule has 63 heavy (non-hydrogen) atoms. The minimum atomic E-state index is 0.564. The molecule has 0 aliphatic carbocycles. The summed E-state index contributed by atoms with van der Waals surface area (Å²) in [7, 11) is 0. The van der Waals surface area contributed by atoms with Gasteiger partial charge in [0.2, 0.25) is 0 Å². The second-order valence-corrected chi connectivity index (χ2v) is 15.9. The number of benzene rings is 9. The van der Waals surface area contributed by atoms with Crippen molar-refractivity contribution in [3.63, 3.8) is 0 Å². The lowest BCUT2D eigenvalue weighted by Crippen LogP contribution is -2.00. The van der Waals surface area contributed by atoms with Gasteiger partial charge in [0.05, 0.1) is 0 Å². The van der Waals surface area contributed by atoms with E-state index in [0.717, 1.165) is 116 Å². The Morgan fingerprint density at radius 1 is 0.254 bits per heavy atom. The third-order valence-corrected chi connectivity index (χ3v) is 12.2. The average Bonchev–Trinajstić information content (AvgIpc) is 4.05. The van der Waals surface area contributed by atoms with Crippen molar-refractivity contribution in [1.29, 1.82) is 0 Å². The lowest BCUT2D eigenvalue weighted by molar-refractivity contribution is 0.668. The Morgan fingerprint density at radius 2 is 0.714 bits per heavy atom. The van der Waals surface area contributed by atoms with Crippen molar-refractivity contribution >= 4 is 65.8 Å². The van der Waals surface area contributed by atoms with Gasteiger partial charge in [-0.15, -0.1) is 0 Å². The zero-order valence-electron chi connectivity index (χ0n) is 33.6. The minimum absolute atomic E-state index is 0.564. The molecule has 0 bridgehead atoms. The normalized spacial score (nSPS) is 11.8. The molecule has 294 valence electrons. The maximum absolute atomic E-state index is 6.69. The molecule has 13 aromatic rings. The van der Waals surface area contributed by atoms with Gasteiger partial charge >= 0.3 is 0 Å². The SMILES string of the molecule is c1ccc(-c2cccc(-c3nc(-c4ccc(-c5ccc(-c6ccc7c(c6)oc6ccccc67)c6oc7ccccc7c56)cc4)nc(-c4ccc5c(c4)oc4ccccc45)n3)c2)cc1. The predicted molar refractivity (Wildman–Crippen MR) is 254 cm³/mol. The van der Waals surface area contributed by atoms with Crippen LogP contribution in [0, 0.1) is 0 Å². The Morgan fingerprint density at radius 3 is 1.40 bits per heavy atom. The number of hydrogen-bond acceptors (Lipinski definition) is 6. The molecule has 0 aliphatic heterocycles. The molecule has 13 rings (SSSR count). The zero-order chi connectivity index (χ0) is 41.4. The van der Waals surface area contributed by atoms with E-state index >= 15 is 0 Å². The number of hydrogen-bond donors (Lipinski definition) is 0. The molecule has 4 heterocycles. The highest BCUT2D eigenvalue weighted by atomic mass is 16.3. The van der Waals surface area contributed by atoms with Gasteiger partial charge in [0.15, 0.2) is 17.5 Å². The number of para-hydroxylation sites is 3. The van der Waals surface area contributed by atoms with Crippen molar-refractivity contribution < 1.29 is 13.3 Å². The van der Waals surface area contributed by atoms with Gasteiger partial charge in [0.25, 0.3) is 0 Å². The van der Waals surface area contributed by atoms with Crippen molar-refractivity contribution in [1.82, 2.24) is 15.0 Å². The molecule has 0 spiro atoms. The fraction of sp³-hybridized carbons (Fsp3) is 0. The molecular formula is C57H33N3O3. The number of rotatable bonds is 6. The molecule has 0 radical (unpaired) electrons. The molecule has 0 unspecified atom stereocenters. The molecule has 0 amide bonds. The molecule has 0 saturated heterocycles. The lowest BCUT2D eigenvalue weighted by Gasteiger charge is -2.11. The highest BCUT2D eigenvalue weighted by Crippen LogP contribution is 2.43. The standard InChI is InChI=1S/C57H33N3O3/c1-2-11-34(12-3-1)37-13-10-14-39(31-37)56-58-55(59-57(60-56)40-26-28-46-44-16-5-8-19-49(44)62-52(46)33-40)36-23-21-35(22-24-36)41-29-30-42(54-53(41)47-17-6-9-20-50(47)63-54)38-25-27-45-43-15-4-7-18-48(43)61-51(45)32-38/h1-33H. The van der Waals surface area contributed by atoms with Gasteiger partial charge in [-0.05, 0) is 82.4 Å². The van der Waals surface area contributed by atoms with Crippen LogP contribution in [0.2, 0.25) is 0 Å². The Balaban J connectivity index is 0.931. The molecule has 0 fully saturated rings. The maximum Gasteiger partial charge on any atom is 0.164 e. The number of furan rings is 3. The van der Waals surface area contributed by atoms with Crippen LogP contribution in [0.4, 0.5) is 0 Å². The van der Waals surface area contributed by atoms with Crippen LogP contribution in [-0.4, -0.2) is 15.0 Å². The first-order valence-electron chi connectivity index (χ1n) is 21.0. The van der Waals surface area contributed by atoms with Crippen LogP contribution < -0.4 is 0 Å². The Kier molecular flexibility index (Phi) is 7.80. The highest BCUT2D eigenvalue weighted by molar-refractivity contribution is 6.17. The summed E-state index contributed by atoms with van der Waals surface area (Å²) in [5.74, 6) is 1.73. The van der Waals surface area contributed by atoms with Gasteiger partial charge in [-0.1, -0.05) is 146 Å². The molecule has 9 aromatic carbocycles. The van der Waals surface area contributed by atoms with Crippen molar-refractivity contribution in [3.05, 3.63) is 200 Å².